The second kappa shape index (κ2) is 8.10. The second-order valence-electron chi connectivity index (χ2n) is 7.01. The molecule has 1 aliphatic rings. The molecule has 1 atom stereocenters. The summed E-state index contributed by atoms with van der Waals surface area (Å²) in [7, 11) is -2.38. The third-order valence-electron chi connectivity index (χ3n) is 4.86. The van der Waals surface area contributed by atoms with Gasteiger partial charge in [-0.1, -0.05) is 6.92 Å². The Morgan fingerprint density at radius 3 is 2.54 bits per heavy atom. The van der Waals surface area contributed by atoms with Crippen molar-refractivity contribution in [3.8, 4) is 5.75 Å². The smallest absolute Gasteiger partial charge is 0.335 e. The average molecular weight is 404 g/mol. The van der Waals surface area contributed by atoms with Gasteiger partial charge in [0.2, 0.25) is 0 Å². The van der Waals surface area contributed by atoms with Crippen LogP contribution in [0.4, 0.5) is 11.4 Å². The van der Waals surface area contributed by atoms with Crippen LogP contribution in [0, 0.1) is 5.92 Å². The maximum atomic E-state index is 12.9. The molecule has 0 radical (unpaired) electrons. The number of carboxylic acids is 1. The minimum Gasteiger partial charge on any atom is -0.497 e. The summed E-state index contributed by atoms with van der Waals surface area (Å²) < 4.78 is 33.4. The summed E-state index contributed by atoms with van der Waals surface area (Å²) in [6, 6.07) is 10.6. The van der Waals surface area contributed by atoms with Crippen molar-refractivity contribution in [1.29, 1.82) is 0 Å². The Hall–Kier alpha value is -2.74. The lowest BCUT2D eigenvalue weighted by atomic mass is 9.99. The van der Waals surface area contributed by atoms with Crippen LogP contribution in [0.5, 0.6) is 5.75 Å². The highest BCUT2D eigenvalue weighted by molar-refractivity contribution is 7.92. The number of sulfonamides is 1. The molecule has 150 valence electrons. The molecule has 0 spiro atoms. The van der Waals surface area contributed by atoms with E-state index in [-0.39, 0.29) is 16.1 Å². The minimum atomic E-state index is -3.88. The van der Waals surface area contributed by atoms with Gasteiger partial charge in [0.05, 0.1) is 28.9 Å². The van der Waals surface area contributed by atoms with Crippen LogP contribution in [0.2, 0.25) is 0 Å². The van der Waals surface area contributed by atoms with Gasteiger partial charge in [0.25, 0.3) is 10.0 Å². The van der Waals surface area contributed by atoms with E-state index in [1.165, 1.54) is 31.4 Å². The van der Waals surface area contributed by atoms with Gasteiger partial charge in [0.15, 0.2) is 0 Å². The van der Waals surface area contributed by atoms with Crippen molar-refractivity contribution in [2.45, 2.75) is 24.7 Å². The summed E-state index contributed by atoms with van der Waals surface area (Å²) >= 11 is 0. The molecule has 0 unspecified atom stereocenters. The SMILES string of the molecule is COc1ccc(S(=O)(=O)Nc2cc(C(=O)O)ccc2N2CCC[C@@H](C)C2)cc1. The quantitative estimate of drug-likeness (QED) is 0.766. The van der Waals surface area contributed by atoms with Gasteiger partial charge in [-0.25, -0.2) is 13.2 Å². The van der Waals surface area contributed by atoms with E-state index in [0.29, 0.717) is 17.4 Å². The summed E-state index contributed by atoms with van der Waals surface area (Å²) in [5.41, 5.74) is 0.986. The highest BCUT2D eigenvalue weighted by atomic mass is 32.2. The second-order valence-corrected chi connectivity index (χ2v) is 8.69. The number of aromatic carboxylic acids is 1. The highest BCUT2D eigenvalue weighted by Crippen LogP contribution is 2.32. The van der Waals surface area contributed by atoms with Crippen molar-refractivity contribution in [2.24, 2.45) is 5.92 Å². The topological polar surface area (TPSA) is 95.9 Å². The Morgan fingerprint density at radius 2 is 1.93 bits per heavy atom. The van der Waals surface area contributed by atoms with E-state index in [2.05, 4.69) is 16.5 Å². The molecule has 1 saturated heterocycles. The number of nitrogens with one attached hydrogen (secondary N) is 1. The predicted octanol–water partition coefficient (Wildman–Crippen LogP) is 3.43. The van der Waals surface area contributed by atoms with Gasteiger partial charge in [-0.15, -0.1) is 0 Å². The molecule has 2 aromatic rings. The van der Waals surface area contributed by atoms with E-state index in [9.17, 15) is 18.3 Å². The van der Waals surface area contributed by atoms with Crippen molar-refractivity contribution < 1.29 is 23.1 Å². The Kier molecular flexibility index (Phi) is 5.79. The number of hydrogen-bond acceptors (Lipinski definition) is 5. The normalized spacial score (nSPS) is 17.2. The predicted molar refractivity (Wildman–Crippen MR) is 108 cm³/mol. The molecule has 0 amide bonds. The zero-order valence-corrected chi connectivity index (χ0v) is 16.7. The standard InChI is InChI=1S/C20H24N2O5S/c1-14-4-3-11-22(13-14)19-10-5-15(20(23)24)12-18(19)21-28(25,26)17-8-6-16(27-2)7-9-17/h5-10,12,14,21H,3-4,11,13H2,1-2H3,(H,23,24)/t14-/m1/s1. The fourth-order valence-corrected chi connectivity index (χ4v) is 4.46. The monoisotopic (exact) mass is 404 g/mol. The summed E-state index contributed by atoms with van der Waals surface area (Å²) in [4.78, 5) is 13.6. The number of methoxy groups -OCH3 is 1. The Balaban J connectivity index is 1.97. The Bertz CT molecular complexity index is 957. The molecule has 3 rings (SSSR count). The number of piperidine rings is 1. The fourth-order valence-electron chi connectivity index (χ4n) is 3.39. The van der Waals surface area contributed by atoms with Crippen LogP contribution in [0.15, 0.2) is 47.4 Å². The summed E-state index contributed by atoms with van der Waals surface area (Å²) in [5, 5.41) is 9.32. The van der Waals surface area contributed by atoms with E-state index in [1.807, 2.05) is 0 Å². The maximum Gasteiger partial charge on any atom is 0.335 e. The Morgan fingerprint density at radius 1 is 1.21 bits per heavy atom. The molecular formula is C20H24N2O5S. The number of rotatable bonds is 6. The number of ether oxygens (including phenoxy) is 1. The molecule has 0 saturated carbocycles. The molecule has 8 heteroatoms. The average Bonchev–Trinajstić information content (AvgIpc) is 2.67. The molecule has 1 heterocycles. The van der Waals surface area contributed by atoms with E-state index >= 15 is 0 Å². The maximum absolute atomic E-state index is 12.9. The van der Waals surface area contributed by atoms with Crippen molar-refractivity contribution in [1.82, 2.24) is 0 Å². The molecule has 28 heavy (non-hydrogen) atoms. The summed E-state index contributed by atoms with van der Waals surface area (Å²) in [5.74, 6) is -0.0720. The van der Waals surface area contributed by atoms with Gasteiger partial charge in [-0.2, -0.15) is 0 Å². The van der Waals surface area contributed by atoms with Gasteiger partial charge >= 0.3 is 5.97 Å². The van der Waals surface area contributed by atoms with Crippen LogP contribution in [0.25, 0.3) is 0 Å². The fraction of sp³-hybridized carbons (Fsp3) is 0.350. The lowest BCUT2D eigenvalue weighted by Gasteiger charge is -2.34. The first-order valence-corrected chi connectivity index (χ1v) is 10.6. The van der Waals surface area contributed by atoms with Crippen molar-refractivity contribution in [2.75, 3.05) is 29.8 Å². The van der Waals surface area contributed by atoms with Crippen LogP contribution in [0.3, 0.4) is 0 Å². The molecule has 2 aromatic carbocycles. The van der Waals surface area contributed by atoms with Crippen molar-refractivity contribution >= 4 is 27.4 Å². The molecule has 1 aliphatic heterocycles. The summed E-state index contributed by atoms with van der Waals surface area (Å²) in [6.07, 6.45) is 2.13. The number of carboxylic acid groups (broad SMARTS) is 1. The van der Waals surface area contributed by atoms with Gasteiger partial charge in [-0.3, -0.25) is 4.72 Å². The van der Waals surface area contributed by atoms with E-state index in [0.717, 1.165) is 25.9 Å². The zero-order valence-electron chi connectivity index (χ0n) is 15.9. The molecule has 2 N–H and O–H groups in total. The first-order chi connectivity index (χ1) is 13.3. The molecule has 0 aliphatic carbocycles. The third kappa shape index (κ3) is 4.39. The van der Waals surface area contributed by atoms with Crippen molar-refractivity contribution in [3.63, 3.8) is 0 Å². The van der Waals surface area contributed by atoms with Gasteiger partial charge in [-0.05, 0) is 61.2 Å². The van der Waals surface area contributed by atoms with E-state index < -0.39 is 16.0 Å². The van der Waals surface area contributed by atoms with Gasteiger partial charge < -0.3 is 14.7 Å². The molecule has 1 fully saturated rings. The van der Waals surface area contributed by atoms with Crippen LogP contribution in [-0.2, 0) is 10.0 Å². The van der Waals surface area contributed by atoms with E-state index in [4.69, 9.17) is 4.74 Å². The highest BCUT2D eigenvalue weighted by Gasteiger charge is 2.23. The summed E-state index contributed by atoms with van der Waals surface area (Å²) in [6.45, 7) is 3.75. The minimum absolute atomic E-state index is 0.0289. The van der Waals surface area contributed by atoms with Gasteiger partial charge in [0, 0.05) is 13.1 Å². The molecule has 7 nitrogen and oxygen atoms in total. The lowest BCUT2D eigenvalue weighted by Crippen LogP contribution is -2.35. The van der Waals surface area contributed by atoms with Crippen LogP contribution in [0.1, 0.15) is 30.1 Å². The number of hydrogen-bond donors (Lipinski definition) is 2. The van der Waals surface area contributed by atoms with Crippen molar-refractivity contribution in [3.05, 3.63) is 48.0 Å². The van der Waals surface area contributed by atoms with Crippen LogP contribution < -0.4 is 14.4 Å². The Labute approximate surface area is 165 Å². The number of nitrogens with zero attached hydrogens (tertiary/aromatic N) is 1. The zero-order chi connectivity index (χ0) is 20.3. The first kappa shape index (κ1) is 20.0. The first-order valence-electron chi connectivity index (χ1n) is 9.09. The number of benzene rings is 2. The molecular weight excluding hydrogens is 380 g/mol. The molecule has 0 aromatic heterocycles. The lowest BCUT2D eigenvalue weighted by molar-refractivity contribution is 0.0697. The van der Waals surface area contributed by atoms with Gasteiger partial charge in [0.1, 0.15) is 5.75 Å². The number of anilines is 2. The largest absolute Gasteiger partial charge is 0.497 e. The third-order valence-corrected chi connectivity index (χ3v) is 6.24. The van der Waals surface area contributed by atoms with Crippen LogP contribution in [-0.4, -0.2) is 39.7 Å². The number of carbonyl (C=O) groups is 1. The molecule has 0 bridgehead atoms. The van der Waals surface area contributed by atoms with Crippen LogP contribution >= 0.6 is 0 Å². The van der Waals surface area contributed by atoms with E-state index in [1.54, 1.807) is 18.2 Å².